The second kappa shape index (κ2) is 7.10. The van der Waals surface area contributed by atoms with E-state index in [0.717, 1.165) is 25.9 Å². The van der Waals surface area contributed by atoms with Crippen LogP contribution in [0.15, 0.2) is 0 Å². The van der Waals surface area contributed by atoms with Gasteiger partial charge in [0.25, 0.3) is 0 Å². The molecule has 106 valence electrons. The average Bonchev–Trinajstić information content (AvgIpc) is 2.24. The zero-order valence-electron chi connectivity index (χ0n) is 11.9. The Labute approximate surface area is 110 Å². The smallest absolute Gasteiger partial charge is 0.220 e. The fourth-order valence-corrected chi connectivity index (χ4v) is 2.46. The van der Waals surface area contributed by atoms with Crippen LogP contribution in [0.4, 0.5) is 0 Å². The van der Waals surface area contributed by atoms with Gasteiger partial charge in [-0.15, -0.1) is 0 Å². The number of amides is 1. The van der Waals surface area contributed by atoms with E-state index in [1.54, 1.807) is 6.92 Å². The van der Waals surface area contributed by atoms with E-state index >= 15 is 0 Å². The van der Waals surface area contributed by atoms with Crippen molar-refractivity contribution in [1.82, 2.24) is 5.32 Å². The molecule has 1 unspecified atom stereocenters. The largest absolute Gasteiger partial charge is 0.388 e. The normalized spacial score (nSPS) is 26.2. The molecule has 0 saturated heterocycles. The van der Waals surface area contributed by atoms with Gasteiger partial charge >= 0.3 is 0 Å². The van der Waals surface area contributed by atoms with Crippen molar-refractivity contribution in [3.8, 4) is 0 Å². The Bertz CT molecular complexity index is 260. The lowest BCUT2D eigenvalue weighted by atomic mass is 9.80. The van der Waals surface area contributed by atoms with Crippen molar-refractivity contribution in [2.75, 3.05) is 13.2 Å². The second-order valence-electron chi connectivity index (χ2n) is 5.64. The topological polar surface area (TPSA) is 58.6 Å². The maximum absolute atomic E-state index is 11.7. The number of rotatable bonds is 8. The minimum absolute atomic E-state index is 0.0475. The van der Waals surface area contributed by atoms with Gasteiger partial charge in [0.2, 0.25) is 5.91 Å². The molecule has 1 amide bonds. The number of aliphatic hydroxyl groups is 1. The van der Waals surface area contributed by atoms with Crippen molar-refractivity contribution < 1.29 is 14.6 Å². The van der Waals surface area contributed by atoms with Gasteiger partial charge in [-0.2, -0.15) is 0 Å². The molecule has 2 N–H and O–H groups in total. The predicted molar refractivity (Wildman–Crippen MR) is 71.3 cm³/mol. The maximum Gasteiger partial charge on any atom is 0.220 e. The Hall–Kier alpha value is -0.610. The lowest BCUT2D eigenvalue weighted by Crippen LogP contribution is -2.42. The molecule has 0 spiro atoms. The van der Waals surface area contributed by atoms with E-state index in [-0.39, 0.29) is 5.91 Å². The summed E-state index contributed by atoms with van der Waals surface area (Å²) in [4.78, 5) is 11.7. The molecule has 1 saturated carbocycles. The lowest BCUT2D eigenvalue weighted by Gasteiger charge is -2.34. The summed E-state index contributed by atoms with van der Waals surface area (Å²) in [6.45, 7) is 6.89. The van der Waals surface area contributed by atoms with Crippen molar-refractivity contribution in [3.05, 3.63) is 0 Å². The van der Waals surface area contributed by atoms with Crippen LogP contribution >= 0.6 is 0 Å². The van der Waals surface area contributed by atoms with Crippen molar-refractivity contribution in [1.29, 1.82) is 0 Å². The molecular weight excluding hydrogens is 230 g/mol. The van der Waals surface area contributed by atoms with Crippen LogP contribution in [0.25, 0.3) is 0 Å². The quantitative estimate of drug-likeness (QED) is 0.698. The molecule has 0 aromatic rings. The van der Waals surface area contributed by atoms with Gasteiger partial charge in [-0.3, -0.25) is 4.79 Å². The molecule has 18 heavy (non-hydrogen) atoms. The summed E-state index contributed by atoms with van der Waals surface area (Å²) in [5.74, 6) is 0.504. The third-order valence-electron chi connectivity index (χ3n) is 3.52. The highest BCUT2D eigenvalue weighted by atomic mass is 16.5. The summed E-state index contributed by atoms with van der Waals surface area (Å²) in [7, 11) is 0. The summed E-state index contributed by atoms with van der Waals surface area (Å²) in [5, 5.41) is 12.8. The minimum Gasteiger partial charge on any atom is -0.388 e. The van der Waals surface area contributed by atoms with Gasteiger partial charge in [0.15, 0.2) is 0 Å². The molecule has 1 aliphatic rings. The molecule has 1 fully saturated rings. The Kier molecular flexibility index (Phi) is 6.09. The molecule has 4 heteroatoms. The summed E-state index contributed by atoms with van der Waals surface area (Å²) in [6, 6.07) is 0. The Balaban J connectivity index is 2.12. The van der Waals surface area contributed by atoms with Gasteiger partial charge in [0, 0.05) is 19.6 Å². The van der Waals surface area contributed by atoms with Crippen LogP contribution in [0.3, 0.4) is 0 Å². The van der Waals surface area contributed by atoms with Crippen molar-refractivity contribution in [2.45, 2.75) is 64.6 Å². The predicted octanol–water partition coefficient (Wildman–Crippen LogP) is 1.86. The SMILES string of the molecule is CCCC(C)(O)CNC(=O)CC1CC(OCC)C1. The van der Waals surface area contributed by atoms with Crippen LogP contribution in [0, 0.1) is 5.92 Å². The lowest BCUT2D eigenvalue weighted by molar-refractivity contribution is -0.125. The Morgan fingerprint density at radius 2 is 2.11 bits per heavy atom. The zero-order chi connectivity index (χ0) is 13.6. The monoisotopic (exact) mass is 257 g/mol. The summed E-state index contributed by atoms with van der Waals surface area (Å²) < 4.78 is 5.46. The number of carbonyl (C=O) groups is 1. The molecular formula is C14H27NO3. The molecule has 0 aliphatic heterocycles. The molecule has 0 aromatic carbocycles. The Morgan fingerprint density at radius 3 is 2.67 bits per heavy atom. The average molecular weight is 257 g/mol. The van der Waals surface area contributed by atoms with E-state index in [4.69, 9.17) is 4.74 Å². The van der Waals surface area contributed by atoms with Gasteiger partial charge in [-0.25, -0.2) is 0 Å². The first-order valence-electron chi connectivity index (χ1n) is 7.07. The number of hydrogen-bond donors (Lipinski definition) is 2. The first-order chi connectivity index (χ1) is 8.46. The van der Waals surface area contributed by atoms with Crippen LogP contribution in [-0.4, -0.2) is 35.9 Å². The first kappa shape index (κ1) is 15.4. The number of carbonyl (C=O) groups excluding carboxylic acids is 1. The Morgan fingerprint density at radius 1 is 1.44 bits per heavy atom. The number of hydrogen-bond acceptors (Lipinski definition) is 3. The number of nitrogens with one attached hydrogen (secondary N) is 1. The molecule has 1 rings (SSSR count). The van der Waals surface area contributed by atoms with Gasteiger partial charge in [-0.1, -0.05) is 13.3 Å². The van der Waals surface area contributed by atoms with Gasteiger partial charge < -0.3 is 15.2 Å². The van der Waals surface area contributed by atoms with E-state index in [2.05, 4.69) is 5.32 Å². The van der Waals surface area contributed by atoms with Crippen molar-refractivity contribution >= 4 is 5.91 Å². The highest BCUT2D eigenvalue weighted by Crippen LogP contribution is 2.32. The van der Waals surface area contributed by atoms with E-state index in [1.165, 1.54) is 0 Å². The standard InChI is InChI=1S/C14H27NO3/c1-4-6-14(3,17)10-15-13(16)9-11-7-12(8-11)18-5-2/h11-12,17H,4-10H2,1-3H3,(H,15,16). The fraction of sp³-hybridized carbons (Fsp3) is 0.929. The molecule has 1 atom stereocenters. The first-order valence-corrected chi connectivity index (χ1v) is 7.07. The van der Waals surface area contributed by atoms with E-state index in [1.807, 2.05) is 13.8 Å². The maximum atomic E-state index is 11.7. The van der Waals surface area contributed by atoms with Crippen LogP contribution in [0.2, 0.25) is 0 Å². The van der Waals surface area contributed by atoms with Gasteiger partial charge in [0.1, 0.15) is 0 Å². The third-order valence-corrected chi connectivity index (χ3v) is 3.52. The van der Waals surface area contributed by atoms with Gasteiger partial charge in [0.05, 0.1) is 11.7 Å². The highest BCUT2D eigenvalue weighted by molar-refractivity contribution is 5.76. The van der Waals surface area contributed by atoms with Crippen LogP contribution < -0.4 is 5.32 Å². The molecule has 0 bridgehead atoms. The second-order valence-corrected chi connectivity index (χ2v) is 5.64. The summed E-state index contributed by atoms with van der Waals surface area (Å²) in [6.07, 6.45) is 4.53. The van der Waals surface area contributed by atoms with Crippen molar-refractivity contribution in [3.63, 3.8) is 0 Å². The van der Waals surface area contributed by atoms with Crippen molar-refractivity contribution in [2.24, 2.45) is 5.92 Å². The van der Waals surface area contributed by atoms with Crippen LogP contribution in [0.5, 0.6) is 0 Å². The summed E-state index contributed by atoms with van der Waals surface area (Å²) >= 11 is 0. The van der Waals surface area contributed by atoms with Gasteiger partial charge in [-0.05, 0) is 39.0 Å². The number of ether oxygens (including phenoxy) is 1. The molecule has 0 radical (unpaired) electrons. The molecule has 0 aromatic heterocycles. The third kappa shape index (κ3) is 5.36. The fourth-order valence-electron chi connectivity index (χ4n) is 2.46. The molecule has 0 heterocycles. The molecule has 1 aliphatic carbocycles. The van der Waals surface area contributed by atoms with Crippen LogP contribution in [-0.2, 0) is 9.53 Å². The minimum atomic E-state index is -0.780. The zero-order valence-corrected chi connectivity index (χ0v) is 11.9. The van der Waals surface area contributed by atoms with E-state index < -0.39 is 5.60 Å². The molecule has 4 nitrogen and oxygen atoms in total. The van der Waals surface area contributed by atoms with E-state index in [9.17, 15) is 9.90 Å². The highest BCUT2D eigenvalue weighted by Gasteiger charge is 2.31. The summed E-state index contributed by atoms with van der Waals surface area (Å²) in [5.41, 5.74) is -0.780. The van der Waals surface area contributed by atoms with E-state index in [0.29, 0.717) is 31.4 Å². The van der Waals surface area contributed by atoms with Crippen LogP contribution in [0.1, 0.15) is 52.9 Å².